The summed E-state index contributed by atoms with van der Waals surface area (Å²) in [5.74, 6) is -1.08. The third-order valence-electron chi connectivity index (χ3n) is 3.59. The van der Waals surface area contributed by atoms with Gasteiger partial charge in [0.15, 0.2) is 0 Å². The number of aromatic carboxylic acids is 1. The fourth-order valence-corrected chi connectivity index (χ4v) is 2.50. The van der Waals surface area contributed by atoms with Crippen LogP contribution in [0.2, 0.25) is 0 Å². The molecule has 110 valence electrons. The average molecular weight is 281 g/mol. The Morgan fingerprint density at radius 2 is 1.90 bits per heavy atom. The van der Waals surface area contributed by atoms with Gasteiger partial charge in [0.1, 0.15) is 11.6 Å². The second-order valence-corrected chi connectivity index (χ2v) is 4.91. The highest BCUT2D eigenvalue weighted by atomic mass is 16.5. The second-order valence-electron chi connectivity index (χ2n) is 4.91. The largest absolute Gasteiger partial charge is 0.478 e. The molecule has 1 fully saturated rings. The van der Waals surface area contributed by atoms with Crippen molar-refractivity contribution in [1.82, 2.24) is 14.7 Å². The minimum absolute atomic E-state index is 0.0594. The Labute approximate surface area is 117 Å². The number of carboxylic acid groups (broad SMARTS) is 1. The molecular weight excluding hydrogens is 262 g/mol. The summed E-state index contributed by atoms with van der Waals surface area (Å²) < 4.78 is 6.72. The molecule has 1 aromatic heterocycles. The molecule has 20 heavy (non-hydrogen) atoms. The predicted molar refractivity (Wildman–Crippen MR) is 70.8 cm³/mol. The molecule has 1 amide bonds. The molecule has 7 heteroatoms. The van der Waals surface area contributed by atoms with Crippen LogP contribution in [0.1, 0.15) is 34.7 Å². The number of nitrogens with zero attached hydrogens (tertiary/aromatic N) is 3. The highest BCUT2D eigenvalue weighted by Crippen LogP contribution is 2.19. The lowest BCUT2D eigenvalue weighted by Crippen LogP contribution is -2.44. The standard InChI is InChI=1S/C13H19N3O4/c1-8-11(13(18)19)9(2)16(14-8)10(3)12(17)15-4-6-20-7-5-15/h10H,4-7H2,1-3H3,(H,18,19). The highest BCUT2D eigenvalue weighted by molar-refractivity contribution is 5.90. The van der Waals surface area contributed by atoms with Gasteiger partial charge in [0.25, 0.3) is 0 Å². The summed E-state index contributed by atoms with van der Waals surface area (Å²) in [4.78, 5) is 25.3. The Bertz CT molecular complexity index is 532. The van der Waals surface area contributed by atoms with Gasteiger partial charge in [-0.05, 0) is 20.8 Å². The Morgan fingerprint density at radius 1 is 1.30 bits per heavy atom. The number of amides is 1. The minimum atomic E-state index is -1.02. The van der Waals surface area contributed by atoms with Crippen molar-refractivity contribution in [2.45, 2.75) is 26.8 Å². The number of carbonyl (C=O) groups excluding carboxylic acids is 1. The van der Waals surface area contributed by atoms with E-state index in [1.165, 1.54) is 4.68 Å². The molecule has 1 aromatic rings. The van der Waals surface area contributed by atoms with E-state index in [0.717, 1.165) is 0 Å². The van der Waals surface area contributed by atoms with E-state index >= 15 is 0 Å². The van der Waals surface area contributed by atoms with Gasteiger partial charge in [-0.15, -0.1) is 0 Å². The molecule has 7 nitrogen and oxygen atoms in total. The molecule has 2 rings (SSSR count). The first kappa shape index (κ1) is 14.5. The van der Waals surface area contributed by atoms with E-state index in [0.29, 0.717) is 37.7 Å². The van der Waals surface area contributed by atoms with Crippen molar-refractivity contribution < 1.29 is 19.4 Å². The lowest BCUT2D eigenvalue weighted by molar-refractivity contribution is -0.138. The molecule has 0 spiro atoms. The zero-order valence-corrected chi connectivity index (χ0v) is 11.9. The lowest BCUT2D eigenvalue weighted by Gasteiger charge is -2.29. The highest BCUT2D eigenvalue weighted by Gasteiger charge is 2.28. The first-order valence-electron chi connectivity index (χ1n) is 6.59. The van der Waals surface area contributed by atoms with Crippen LogP contribution < -0.4 is 0 Å². The van der Waals surface area contributed by atoms with E-state index in [2.05, 4.69) is 5.10 Å². The Hall–Kier alpha value is -1.89. The Morgan fingerprint density at radius 3 is 2.40 bits per heavy atom. The summed E-state index contributed by atoms with van der Waals surface area (Å²) >= 11 is 0. The van der Waals surface area contributed by atoms with E-state index in [-0.39, 0.29) is 11.5 Å². The first-order valence-corrected chi connectivity index (χ1v) is 6.59. The van der Waals surface area contributed by atoms with Crippen molar-refractivity contribution in [1.29, 1.82) is 0 Å². The van der Waals surface area contributed by atoms with Crippen molar-refractivity contribution in [3.63, 3.8) is 0 Å². The van der Waals surface area contributed by atoms with Crippen LogP contribution in [-0.2, 0) is 9.53 Å². The molecule has 1 aliphatic heterocycles. The van der Waals surface area contributed by atoms with E-state index in [4.69, 9.17) is 9.84 Å². The Balaban J connectivity index is 2.24. The molecule has 1 N–H and O–H groups in total. The number of morpholine rings is 1. The van der Waals surface area contributed by atoms with Gasteiger partial charge in [-0.1, -0.05) is 0 Å². The normalized spacial score (nSPS) is 17.1. The summed E-state index contributed by atoms with van der Waals surface area (Å²) in [6.07, 6.45) is 0. The zero-order valence-electron chi connectivity index (χ0n) is 11.9. The van der Waals surface area contributed by atoms with Gasteiger partial charge in [-0.3, -0.25) is 9.48 Å². The van der Waals surface area contributed by atoms with Crippen LogP contribution in [0.4, 0.5) is 0 Å². The number of carbonyl (C=O) groups is 2. The van der Waals surface area contributed by atoms with Gasteiger partial charge in [0.05, 0.1) is 24.6 Å². The van der Waals surface area contributed by atoms with Crippen LogP contribution >= 0.6 is 0 Å². The molecule has 0 saturated carbocycles. The van der Waals surface area contributed by atoms with Crippen LogP contribution in [0.3, 0.4) is 0 Å². The summed E-state index contributed by atoms with van der Waals surface area (Å²) in [5, 5.41) is 13.4. The summed E-state index contributed by atoms with van der Waals surface area (Å²) in [7, 11) is 0. The van der Waals surface area contributed by atoms with Gasteiger partial charge < -0.3 is 14.7 Å². The average Bonchev–Trinajstić information content (AvgIpc) is 2.73. The van der Waals surface area contributed by atoms with Crippen LogP contribution in [0.5, 0.6) is 0 Å². The van der Waals surface area contributed by atoms with Crippen molar-refractivity contribution in [3.05, 3.63) is 17.0 Å². The molecule has 1 aliphatic rings. The molecule has 1 unspecified atom stereocenters. The van der Waals surface area contributed by atoms with Crippen molar-refractivity contribution in [3.8, 4) is 0 Å². The van der Waals surface area contributed by atoms with E-state index in [1.54, 1.807) is 25.7 Å². The van der Waals surface area contributed by atoms with E-state index in [9.17, 15) is 9.59 Å². The molecule has 0 radical (unpaired) electrons. The van der Waals surface area contributed by atoms with Crippen LogP contribution in [0, 0.1) is 13.8 Å². The molecule has 1 saturated heterocycles. The van der Waals surface area contributed by atoms with Gasteiger partial charge in [0, 0.05) is 13.1 Å². The summed E-state index contributed by atoms with van der Waals surface area (Å²) in [6, 6.07) is -0.514. The molecule has 2 heterocycles. The molecular formula is C13H19N3O4. The van der Waals surface area contributed by atoms with Crippen molar-refractivity contribution in [2.75, 3.05) is 26.3 Å². The number of aromatic nitrogens is 2. The van der Waals surface area contributed by atoms with Gasteiger partial charge in [0.2, 0.25) is 5.91 Å². The van der Waals surface area contributed by atoms with Gasteiger partial charge >= 0.3 is 5.97 Å². The number of rotatable bonds is 3. The maximum absolute atomic E-state index is 12.4. The second kappa shape index (κ2) is 5.62. The van der Waals surface area contributed by atoms with E-state index < -0.39 is 12.0 Å². The maximum atomic E-state index is 12.4. The number of ether oxygens (including phenoxy) is 1. The zero-order chi connectivity index (χ0) is 14.9. The maximum Gasteiger partial charge on any atom is 0.339 e. The fraction of sp³-hybridized carbons (Fsp3) is 0.615. The smallest absolute Gasteiger partial charge is 0.339 e. The topological polar surface area (TPSA) is 84.7 Å². The Kier molecular flexibility index (Phi) is 4.08. The molecule has 1 atom stereocenters. The van der Waals surface area contributed by atoms with Crippen molar-refractivity contribution in [2.24, 2.45) is 0 Å². The van der Waals surface area contributed by atoms with Crippen LogP contribution in [0.25, 0.3) is 0 Å². The quantitative estimate of drug-likeness (QED) is 0.878. The third kappa shape index (κ3) is 2.53. The number of hydrogen-bond acceptors (Lipinski definition) is 4. The van der Waals surface area contributed by atoms with Crippen LogP contribution in [0.15, 0.2) is 0 Å². The summed E-state index contributed by atoms with van der Waals surface area (Å²) in [5.41, 5.74) is 1.10. The number of hydrogen-bond donors (Lipinski definition) is 1. The lowest BCUT2D eigenvalue weighted by atomic mass is 10.2. The fourth-order valence-electron chi connectivity index (χ4n) is 2.50. The summed E-state index contributed by atoms with van der Waals surface area (Å²) in [6.45, 7) is 7.25. The molecule has 0 aromatic carbocycles. The number of carboxylic acids is 1. The van der Waals surface area contributed by atoms with Crippen LogP contribution in [-0.4, -0.2) is 58.0 Å². The van der Waals surface area contributed by atoms with E-state index in [1.807, 2.05) is 0 Å². The predicted octanol–water partition coefficient (Wildman–Crippen LogP) is 0.618. The van der Waals surface area contributed by atoms with Gasteiger partial charge in [-0.2, -0.15) is 5.10 Å². The van der Waals surface area contributed by atoms with Crippen molar-refractivity contribution >= 4 is 11.9 Å². The molecule has 0 bridgehead atoms. The minimum Gasteiger partial charge on any atom is -0.478 e. The third-order valence-corrected chi connectivity index (χ3v) is 3.59. The SMILES string of the molecule is Cc1nn(C(C)C(=O)N2CCOCC2)c(C)c1C(=O)O. The molecule has 0 aliphatic carbocycles. The monoisotopic (exact) mass is 281 g/mol. The number of aryl methyl sites for hydroxylation is 1. The first-order chi connectivity index (χ1) is 9.43. The van der Waals surface area contributed by atoms with Gasteiger partial charge in [-0.25, -0.2) is 4.79 Å².